The lowest BCUT2D eigenvalue weighted by molar-refractivity contribution is -0.153. The van der Waals surface area contributed by atoms with Gasteiger partial charge >= 0.3 is 5.97 Å². The van der Waals surface area contributed by atoms with Crippen molar-refractivity contribution >= 4 is 11.8 Å². The summed E-state index contributed by atoms with van der Waals surface area (Å²) in [5, 5.41) is 8.67. The van der Waals surface area contributed by atoms with E-state index in [9.17, 15) is 4.79 Å². The summed E-state index contributed by atoms with van der Waals surface area (Å²) in [4.78, 5) is 14.8. The zero-order chi connectivity index (χ0) is 15.2. The van der Waals surface area contributed by atoms with E-state index in [2.05, 4.69) is 24.8 Å². The number of carbonyl (C=O) groups is 1. The summed E-state index contributed by atoms with van der Waals surface area (Å²) in [5.41, 5.74) is 3.01. The van der Waals surface area contributed by atoms with E-state index in [0.717, 1.165) is 25.8 Å². The summed E-state index contributed by atoms with van der Waals surface area (Å²) < 4.78 is 5.39. The Labute approximate surface area is 126 Å². The Morgan fingerprint density at radius 3 is 2.95 bits per heavy atom. The molecular formula is C17H24N2O2. The standard InChI is InChI=1S/C17H24N2O2/c1-4-21-16(20)17-10-12(3)11(2)9-13(17)14-7-5-6-8-19(14)15(17)18/h7,13,18H,4-6,8-10H2,1-3H3. The molecule has 0 spiro atoms. The molecule has 0 saturated carbocycles. The predicted octanol–water partition coefficient (Wildman–Crippen LogP) is 3.25. The van der Waals surface area contributed by atoms with Gasteiger partial charge in [-0.3, -0.25) is 10.2 Å². The highest BCUT2D eigenvalue weighted by molar-refractivity contribution is 6.08. The van der Waals surface area contributed by atoms with E-state index in [0.29, 0.717) is 18.9 Å². The summed E-state index contributed by atoms with van der Waals surface area (Å²) in [6, 6.07) is 0. The minimum Gasteiger partial charge on any atom is -0.465 e. The van der Waals surface area contributed by atoms with Crippen LogP contribution in [0.3, 0.4) is 0 Å². The van der Waals surface area contributed by atoms with Crippen molar-refractivity contribution in [3.63, 3.8) is 0 Å². The highest BCUT2D eigenvalue weighted by Gasteiger charge is 2.61. The molecule has 1 aliphatic carbocycles. The number of carbonyl (C=O) groups excluding carboxylic acids is 1. The highest BCUT2D eigenvalue weighted by atomic mass is 16.5. The summed E-state index contributed by atoms with van der Waals surface area (Å²) in [6.45, 7) is 7.32. The van der Waals surface area contributed by atoms with E-state index < -0.39 is 5.41 Å². The summed E-state index contributed by atoms with van der Waals surface area (Å²) >= 11 is 0. The van der Waals surface area contributed by atoms with E-state index >= 15 is 0 Å². The molecular weight excluding hydrogens is 264 g/mol. The Morgan fingerprint density at radius 1 is 1.48 bits per heavy atom. The number of hydrogen-bond acceptors (Lipinski definition) is 3. The Kier molecular flexibility index (Phi) is 3.42. The summed E-state index contributed by atoms with van der Waals surface area (Å²) in [7, 11) is 0. The van der Waals surface area contributed by atoms with Crippen molar-refractivity contribution in [1.82, 2.24) is 4.90 Å². The molecule has 0 aromatic rings. The van der Waals surface area contributed by atoms with Gasteiger partial charge in [-0.2, -0.15) is 0 Å². The van der Waals surface area contributed by atoms with Crippen LogP contribution < -0.4 is 0 Å². The van der Waals surface area contributed by atoms with Gasteiger partial charge < -0.3 is 9.64 Å². The van der Waals surface area contributed by atoms with Crippen LogP contribution in [-0.2, 0) is 9.53 Å². The molecule has 1 N–H and O–H groups in total. The van der Waals surface area contributed by atoms with Gasteiger partial charge in [0.25, 0.3) is 0 Å². The lowest BCUT2D eigenvalue weighted by Gasteiger charge is -2.36. The van der Waals surface area contributed by atoms with Crippen molar-refractivity contribution in [3.8, 4) is 0 Å². The van der Waals surface area contributed by atoms with Gasteiger partial charge in [0.05, 0.1) is 6.61 Å². The molecule has 0 aromatic carbocycles. The maximum Gasteiger partial charge on any atom is 0.320 e. The molecule has 1 fully saturated rings. The third kappa shape index (κ3) is 1.88. The first kappa shape index (κ1) is 14.4. The number of nitrogens with zero attached hydrogens (tertiary/aromatic N) is 1. The molecule has 1 saturated heterocycles. The fourth-order valence-corrected chi connectivity index (χ4v) is 4.07. The van der Waals surface area contributed by atoms with Crippen LogP contribution >= 0.6 is 0 Å². The molecule has 0 radical (unpaired) electrons. The van der Waals surface area contributed by atoms with Gasteiger partial charge in [-0.25, -0.2) is 0 Å². The third-order valence-corrected chi connectivity index (χ3v) is 5.32. The molecule has 0 bridgehead atoms. The van der Waals surface area contributed by atoms with Gasteiger partial charge in [0, 0.05) is 18.2 Å². The van der Waals surface area contributed by atoms with Crippen molar-refractivity contribution in [2.24, 2.45) is 11.3 Å². The van der Waals surface area contributed by atoms with Crippen LogP contribution in [0.2, 0.25) is 0 Å². The Morgan fingerprint density at radius 2 is 2.24 bits per heavy atom. The number of rotatable bonds is 2. The molecule has 2 heterocycles. The first-order valence-electron chi connectivity index (χ1n) is 7.91. The van der Waals surface area contributed by atoms with Crippen molar-refractivity contribution in [2.45, 2.75) is 46.5 Å². The van der Waals surface area contributed by atoms with Crippen LogP contribution in [0, 0.1) is 16.7 Å². The SMILES string of the molecule is CCOC(=O)C12CC(C)=C(C)CC1C1=CCCCN1C2=N. The molecule has 3 rings (SSSR count). The molecule has 0 amide bonds. The Hall–Kier alpha value is -1.58. The smallest absolute Gasteiger partial charge is 0.320 e. The van der Waals surface area contributed by atoms with Gasteiger partial charge in [0.1, 0.15) is 11.3 Å². The Bertz CT molecular complexity index is 561. The van der Waals surface area contributed by atoms with E-state index in [4.69, 9.17) is 10.1 Å². The number of nitrogens with one attached hydrogen (secondary N) is 1. The molecule has 21 heavy (non-hydrogen) atoms. The lowest BCUT2D eigenvalue weighted by atomic mass is 9.65. The average molecular weight is 288 g/mol. The number of hydrogen-bond donors (Lipinski definition) is 1. The number of ether oxygens (including phenoxy) is 1. The minimum atomic E-state index is -0.782. The molecule has 3 aliphatic rings. The van der Waals surface area contributed by atoms with E-state index in [-0.39, 0.29) is 11.9 Å². The molecule has 114 valence electrons. The second-order valence-corrected chi connectivity index (χ2v) is 6.46. The maximum absolute atomic E-state index is 12.8. The van der Waals surface area contributed by atoms with Gasteiger partial charge in [-0.15, -0.1) is 0 Å². The monoisotopic (exact) mass is 288 g/mol. The quantitative estimate of drug-likeness (QED) is 0.627. The maximum atomic E-state index is 12.8. The molecule has 4 nitrogen and oxygen atoms in total. The first-order chi connectivity index (χ1) is 10.0. The molecule has 2 unspecified atom stereocenters. The van der Waals surface area contributed by atoms with Crippen LogP contribution in [0.1, 0.15) is 46.5 Å². The first-order valence-corrected chi connectivity index (χ1v) is 7.91. The van der Waals surface area contributed by atoms with Gasteiger partial charge in [0.2, 0.25) is 0 Å². The van der Waals surface area contributed by atoms with Crippen LogP contribution in [0.5, 0.6) is 0 Å². The predicted molar refractivity (Wildman–Crippen MR) is 81.9 cm³/mol. The van der Waals surface area contributed by atoms with Crippen molar-refractivity contribution < 1.29 is 9.53 Å². The number of amidine groups is 1. The normalized spacial score (nSPS) is 31.8. The van der Waals surface area contributed by atoms with Crippen LogP contribution in [0.15, 0.2) is 22.9 Å². The second kappa shape index (κ2) is 5.00. The van der Waals surface area contributed by atoms with Crippen LogP contribution in [-0.4, -0.2) is 29.9 Å². The van der Waals surface area contributed by atoms with Gasteiger partial charge in [0.15, 0.2) is 0 Å². The van der Waals surface area contributed by atoms with E-state index in [1.807, 2.05) is 6.92 Å². The molecule has 2 atom stereocenters. The lowest BCUT2D eigenvalue weighted by Crippen LogP contribution is -2.46. The van der Waals surface area contributed by atoms with Crippen molar-refractivity contribution in [3.05, 3.63) is 22.9 Å². The van der Waals surface area contributed by atoms with Crippen LogP contribution in [0.25, 0.3) is 0 Å². The zero-order valence-corrected chi connectivity index (χ0v) is 13.2. The van der Waals surface area contributed by atoms with Crippen LogP contribution in [0.4, 0.5) is 0 Å². The van der Waals surface area contributed by atoms with Gasteiger partial charge in [-0.05, 0) is 46.5 Å². The van der Waals surface area contributed by atoms with Crippen molar-refractivity contribution in [1.29, 1.82) is 5.41 Å². The summed E-state index contributed by atoms with van der Waals surface area (Å²) in [6.07, 6.45) is 5.85. The summed E-state index contributed by atoms with van der Waals surface area (Å²) in [5.74, 6) is 0.346. The molecule has 2 aliphatic heterocycles. The Balaban J connectivity index is 2.11. The second-order valence-electron chi connectivity index (χ2n) is 6.46. The molecule has 0 aromatic heterocycles. The fourth-order valence-electron chi connectivity index (χ4n) is 4.07. The van der Waals surface area contributed by atoms with Gasteiger partial charge in [-0.1, -0.05) is 17.2 Å². The number of allylic oxidation sites excluding steroid dienone is 4. The van der Waals surface area contributed by atoms with E-state index in [1.54, 1.807) is 0 Å². The third-order valence-electron chi connectivity index (χ3n) is 5.32. The minimum absolute atomic E-state index is 0.0908. The zero-order valence-electron chi connectivity index (χ0n) is 13.2. The average Bonchev–Trinajstić information content (AvgIpc) is 2.71. The highest BCUT2D eigenvalue weighted by Crippen LogP contribution is 2.55. The fraction of sp³-hybridized carbons (Fsp3) is 0.647. The topological polar surface area (TPSA) is 53.4 Å². The largest absolute Gasteiger partial charge is 0.465 e. The molecule has 4 heteroatoms. The van der Waals surface area contributed by atoms with E-state index in [1.165, 1.54) is 16.8 Å². The number of esters is 1. The number of fused-ring (bicyclic) bond motifs is 3. The van der Waals surface area contributed by atoms with Crippen molar-refractivity contribution in [2.75, 3.05) is 13.2 Å².